The molecule has 0 radical (unpaired) electrons. The number of methoxy groups -OCH3 is 1. The third kappa shape index (κ3) is 4.81. The maximum absolute atomic E-state index is 12.1. The van der Waals surface area contributed by atoms with Gasteiger partial charge in [-0.2, -0.15) is 0 Å². The fourth-order valence-corrected chi connectivity index (χ4v) is 2.34. The summed E-state index contributed by atoms with van der Waals surface area (Å²) >= 11 is 3.42. The van der Waals surface area contributed by atoms with Gasteiger partial charge in [0.25, 0.3) is 0 Å². The van der Waals surface area contributed by atoms with Crippen molar-refractivity contribution in [1.29, 1.82) is 0 Å². The molecule has 100 valence electrons. The Morgan fingerprint density at radius 2 is 1.94 bits per heavy atom. The van der Waals surface area contributed by atoms with Crippen LogP contribution in [0.25, 0.3) is 0 Å². The van der Waals surface area contributed by atoms with Crippen molar-refractivity contribution >= 4 is 21.7 Å². The van der Waals surface area contributed by atoms with Gasteiger partial charge in [0.05, 0.1) is 7.11 Å². The Balaban J connectivity index is 2.50. The second kappa shape index (κ2) is 8.30. The number of ether oxygens (including phenoxy) is 1. The SMILES string of the molecule is CCCCCCCC(=O)c1cc(OC)ccc1Br. The Morgan fingerprint density at radius 1 is 1.22 bits per heavy atom. The van der Waals surface area contributed by atoms with E-state index >= 15 is 0 Å². The Kier molecular flexibility index (Phi) is 7.02. The van der Waals surface area contributed by atoms with Crippen molar-refractivity contribution in [1.82, 2.24) is 0 Å². The van der Waals surface area contributed by atoms with Gasteiger partial charge in [0.1, 0.15) is 5.75 Å². The topological polar surface area (TPSA) is 26.3 Å². The van der Waals surface area contributed by atoms with E-state index in [9.17, 15) is 4.79 Å². The molecular weight excluding hydrogens is 292 g/mol. The van der Waals surface area contributed by atoms with E-state index in [4.69, 9.17) is 4.74 Å². The summed E-state index contributed by atoms with van der Waals surface area (Å²) in [5.74, 6) is 0.921. The Morgan fingerprint density at radius 3 is 2.61 bits per heavy atom. The number of ketones is 1. The van der Waals surface area contributed by atoms with Gasteiger partial charge in [0, 0.05) is 16.5 Å². The highest BCUT2D eigenvalue weighted by Gasteiger charge is 2.10. The Hall–Kier alpha value is -0.830. The Bertz CT molecular complexity index is 388. The van der Waals surface area contributed by atoms with E-state index in [2.05, 4.69) is 22.9 Å². The number of carbonyl (C=O) groups excluding carboxylic acids is 1. The standard InChI is InChI=1S/C15H21BrO2/c1-3-4-5-6-7-8-15(17)13-11-12(18-2)9-10-14(13)16/h9-11H,3-8H2,1-2H3. The lowest BCUT2D eigenvalue weighted by molar-refractivity contribution is 0.0978. The highest BCUT2D eigenvalue weighted by atomic mass is 79.9. The molecule has 0 fully saturated rings. The minimum absolute atomic E-state index is 0.192. The Labute approximate surface area is 118 Å². The molecule has 1 aromatic carbocycles. The zero-order chi connectivity index (χ0) is 13.4. The number of hydrogen-bond acceptors (Lipinski definition) is 2. The minimum Gasteiger partial charge on any atom is -0.497 e. The molecule has 18 heavy (non-hydrogen) atoms. The third-order valence-electron chi connectivity index (χ3n) is 2.98. The van der Waals surface area contributed by atoms with Gasteiger partial charge in [-0.25, -0.2) is 0 Å². The lowest BCUT2D eigenvalue weighted by Gasteiger charge is -2.06. The predicted molar refractivity (Wildman–Crippen MR) is 78.4 cm³/mol. The lowest BCUT2D eigenvalue weighted by atomic mass is 10.0. The molecule has 0 spiro atoms. The molecule has 0 saturated carbocycles. The van der Waals surface area contributed by atoms with Crippen molar-refractivity contribution in [3.63, 3.8) is 0 Å². The van der Waals surface area contributed by atoms with E-state index in [0.717, 1.165) is 28.6 Å². The van der Waals surface area contributed by atoms with Crippen LogP contribution >= 0.6 is 15.9 Å². The summed E-state index contributed by atoms with van der Waals surface area (Å²) in [5, 5.41) is 0. The number of halogens is 1. The molecule has 0 aliphatic rings. The van der Waals surface area contributed by atoms with Crippen molar-refractivity contribution in [2.45, 2.75) is 45.4 Å². The van der Waals surface area contributed by atoms with Crippen molar-refractivity contribution in [3.05, 3.63) is 28.2 Å². The molecule has 0 bridgehead atoms. The fourth-order valence-electron chi connectivity index (χ4n) is 1.87. The molecule has 1 rings (SSSR count). The normalized spacial score (nSPS) is 10.4. The zero-order valence-electron chi connectivity index (χ0n) is 11.2. The van der Waals surface area contributed by atoms with Crippen molar-refractivity contribution in [3.8, 4) is 5.75 Å². The number of rotatable bonds is 8. The molecule has 0 amide bonds. The molecule has 2 nitrogen and oxygen atoms in total. The second-order valence-electron chi connectivity index (χ2n) is 4.43. The van der Waals surface area contributed by atoms with Crippen LogP contribution < -0.4 is 4.74 Å². The van der Waals surface area contributed by atoms with Crippen LogP contribution in [0.5, 0.6) is 5.75 Å². The van der Waals surface area contributed by atoms with Crippen LogP contribution in [-0.2, 0) is 0 Å². The summed E-state index contributed by atoms with van der Waals surface area (Å²) < 4.78 is 5.99. The first-order valence-corrected chi connectivity index (χ1v) is 7.35. The molecule has 0 aliphatic heterocycles. The van der Waals surface area contributed by atoms with Gasteiger partial charge >= 0.3 is 0 Å². The van der Waals surface area contributed by atoms with Crippen LogP contribution in [0.4, 0.5) is 0 Å². The van der Waals surface area contributed by atoms with E-state index in [0.29, 0.717) is 6.42 Å². The molecule has 0 aliphatic carbocycles. The largest absolute Gasteiger partial charge is 0.497 e. The van der Waals surface area contributed by atoms with Crippen LogP contribution in [-0.4, -0.2) is 12.9 Å². The molecule has 3 heteroatoms. The summed E-state index contributed by atoms with van der Waals surface area (Å²) in [7, 11) is 1.61. The van der Waals surface area contributed by atoms with Crippen LogP contribution in [0.3, 0.4) is 0 Å². The van der Waals surface area contributed by atoms with Gasteiger partial charge in [0.2, 0.25) is 0 Å². The number of carbonyl (C=O) groups is 1. The third-order valence-corrected chi connectivity index (χ3v) is 3.67. The van der Waals surface area contributed by atoms with Gasteiger partial charge < -0.3 is 4.74 Å². The predicted octanol–water partition coefficient (Wildman–Crippen LogP) is 5.00. The number of hydrogen-bond donors (Lipinski definition) is 0. The highest BCUT2D eigenvalue weighted by Crippen LogP contribution is 2.24. The van der Waals surface area contributed by atoms with E-state index < -0.39 is 0 Å². The average Bonchev–Trinajstić information content (AvgIpc) is 2.39. The lowest BCUT2D eigenvalue weighted by Crippen LogP contribution is -2.01. The van der Waals surface area contributed by atoms with Gasteiger partial charge in [0.15, 0.2) is 5.78 Å². The summed E-state index contributed by atoms with van der Waals surface area (Å²) in [4.78, 5) is 12.1. The van der Waals surface area contributed by atoms with Crippen molar-refractivity contribution < 1.29 is 9.53 Å². The molecular formula is C15H21BrO2. The smallest absolute Gasteiger partial charge is 0.164 e. The first kappa shape index (κ1) is 15.2. The van der Waals surface area contributed by atoms with Crippen LogP contribution in [0, 0.1) is 0 Å². The quantitative estimate of drug-likeness (QED) is 0.498. The van der Waals surface area contributed by atoms with Gasteiger partial charge in [-0.15, -0.1) is 0 Å². The maximum atomic E-state index is 12.1. The molecule has 0 heterocycles. The van der Waals surface area contributed by atoms with E-state index in [1.165, 1.54) is 19.3 Å². The first-order valence-electron chi connectivity index (χ1n) is 6.55. The maximum Gasteiger partial charge on any atom is 0.164 e. The van der Waals surface area contributed by atoms with Crippen molar-refractivity contribution in [2.24, 2.45) is 0 Å². The summed E-state index contributed by atoms with van der Waals surface area (Å²) in [6.07, 6.45) is 6.45. The molecule has 0 aromatic heterocycles. The monoisotopic (exact) mass is 312 g/mol. The number of unbranched alkanes of at least 4 members (excludes halogenated alkanes) is 4. The summed E-state index contributed by atoms with van der Waals surface area (Å²) in [6, 6.07) is 5.52. The average molecular weight is 313 g/mol. The van der Waals surface area contributed by atoms with Gasteiger partial charge in [-0.3, -0.25) is 4.79 Å². The van der Waals surface area contributed by atoms with Crippen LogP contribution in [0.15, 0.2) is 22.7 Å². The summed E-state index contributed by atoms with van der Waals surface area (Å²) in [6.45, 7) is 2.19. The van der Waals surface area contributed by atoms with Crippen LogP contribution in [0.1, 0.15) is 55.8 Å². The van der Waals surface area contributed by atoms with Crippen LogP contribution in [0.2, 0.25) is 0 Å². The minimum atomic E-state index is 0.192. The van der Waals surface area contributed by atoms with Crippen molar-refractivity contribution in [2.75, 3.05) is 7.11 Å². The number of Topliss-reactive ketones (excluding diaryl/α,β-unsaturated/α-hetero) is 1. The fraction of sp³-hybridized carbons (Fsp3) is 0.533. The highest BCUT2D eigenvalue weighted by molar-refractivity contribution is 9.10. The first-order chi connectivity index (χ1) is 8.69. The molecule has 0 N–H and O–H groups in total. The van der Waals surface area contributed by atoms with Gasteiger partial charge in [-0.1, -0.05) is 48.5 Å². The molecule has 1 aromatic rings. The molecule has 0 unspecified atom stereocenters. The van der Waals surface area contributed by atoms with Gasteiger partial charge in [-0.05, 0) is 24.6 Å². The van der Waals surface area contributed by atoms with E-state index in [-0.39, 0.29) is 5.78 Å². The zero-order valence-corrected chi connectivity index (χ0v) is 12.8. The van der Waals surface area contributed by atoms with E-state index in [1.807, 2.05) is 12.1 Å². The second-order valence-corrected chi connectivity index (χ2v) is 5.29. The molecule has 0 saturated heterocycles. The molecule has 0 atom stereocenters. The van der Waals surface area contributed by atoms with E-state index in [1.54, 1.807) is 13.2 Å². The summed E-state index contributed by atoms with van der Waals surface area (Å²) in [5.41, 5.74) is 0.727. The number of benzene rings is 1.